The topological polar surface area (TPSA) is 72.5 Å². The number of hydrogen-bond donors (Lipinski definition) is 2. The van der Waals surface area contributed by atoms with Crippen LogP contribution in [-0.4, -0.2) is 38.7 Å². The van der Waals surface area contributed by atoms with Gasteiger partial charge in [-0.3, -0.25) is 9.78 Å². The van der Waals surface area contributed by atoms with E-state index in [0.29, 0.717) is 23.6 Å². The maximum Gasteiger partial charge on any atom is 0.238 e. The van der Waals surface area contributed by atoms with Gasteiger partial charge in [0.05, 0.1) is 32.1 Å². The monoisotopic (exact) mass is 365 g/mol. The molecule has 0 saturated heterocycles. The lowest BCUT2D eigenvalue weighted by Gasteiger charge is -2.18. The second-order valence-corrected chi connectivity index (χ2v) is 6.07. The molecule has 2 aromatic carbocycles. The molecule has 2 N–H and O–H groups in total. The minimum atomic E-state index is -0.156. The normalized spacial score (nSPS) is 10.6. The Morgan fingerprint density at radius 3 is 2.63 bits per heavy atom. The van der Waals surface area contributed by atoms with Gasteiger partial charge in [0.15, 0.2) is 11.5 Å². The first-order valence-corrected chi connectivity index (χ1v) is 8.68. The Bertz CT molecular complexity index is 951. The van der Waals surface area contributed by atoms with Gasteiger partial charge in [-0.15, -0.1) is 0 Å². The van der Waals surface area contributed by atoms with Gasteiger partial charge in [-0.05, 0) is 30.1 Å². The van der Waals surface area contributed by atoms with Crippen LogP contribution in [0.5, 0.6) is 11.5 Å². The van der Waals surface area contributed by atoms with E-state index < -0.39 is 0 Å². The maximum atomic E-state index is 12.2. The van der Waals surface area contributed by atoms with Crippen molar-refractivity contribution < 1.29 is 14.3 Å². The molecule has 1 amide bonds. The van der Waals surface area contributed by atoms with Crippen LogP contribution in [0.2, 0.25) is 0 Å². The number of benzene rings is 2. The highest BCUT2D eigenvalue weighted by molar-refractivity contribution is 5.95. The molecular formula is C21H23N3O3. The van der Waals surface area contributed by atoms with E-state index in [9.17, 15) is 4.79 Å². The van der Waals surface area contributed by atoms with Crippen molar-refractivity contribution in [3.05, 3.63) is 59.9 Å². The van der Waals surface area contributed by atoms with Crippen molar-refractivity contribution in [3.63, 3.8) is 0 Å². The molecule has 0 aliphatic heterocycles. The van der Waals surface area contributed by atoms with E-state index >= 15 is 0 Å². The van der Waals surface area contributed by atoms with Crippen LogP contribution in [0.25, 0.3) is 10.8 Å². The lowest BCUT2D eigenvalue weighted by atomic mass is 10.0. The van der Waals surface area contributed by atoms with Crippen molar-refractivity contribution in [2.75, 3.05) is 33.1 Å². The quantitative estimate of drug-likeness (QED) is 0.673. The van der Waals surface area contributed by atoms with Crippen LogP contribution in [0, 0.1) is 0 Å². The number of hydrogen-bond acceptors (Lipinski definition) is 5. The van der Waals surface area contributed by atoms with Gasteiger partial charge in [0.25, 0.3) is 0 Å². The number of ether oxygens (including phenoxy) is 2. The summed E-state index contributed by atoms with van der Waals surface area (Å²) in [6.45, 7) is 0.201. The number of nitrogens with zero attached hydrogens (tertiary/aromatic N) is 1. The lowest BCUT2D eigenvalue weighted by molar-refractivity contribution is -0.115. The Kier molecular flexibility index (Phi) is 5.88. The fraction of sp³-hybridized carbons (Fsp3) is 0.238. The number of amides is 1. The second-order valence-electron chi connectivity index (χ2n) is 6.07. The van der Waals surface area contributed by atoms with Crippen molar-refractivity contribution in [2.24, 2.45) is 0 Å². The maximum absolute atomic E-state index is 12.2. The predicted octanol–water partition coefficient (Wildman–Crippen LogP) is 3.00. The number of fused-ring (bicyclic) bond motifs is 1. The molecule has 0 radical (unpaired) electrons. The van der Waals surface area contributed by atoms with Gasteiger partial charge in [-0.2, -0.15) is 0 Å². The average Bonchev–Trinajstić information content (AvgIpc) is 2.69. The lowest BCUT2D eigenvalue weighted by Crippen LogP contribution is -2.26. The standard InChI is InChI=1S/C21H23N3O3/c1-22-13-19(25)24-20-15(8-9-18(26-2)21(20)27-3)12-17-16-7-5-4-6-14(16)10-11-23-17/h4-11,22H,12-13H2,1-3H3,(H,24,25). The third-order valence-corrected chi connectivity index (χ3v) is 4.35. The number of carbonyl (C=O) groups excluding carboxylic acids is 1. The fourth-order valence-electron chi connectivity index (χ4n) is 3.10. The number of likely N-dealkylation sites (N-methyl/N-ethyl adjacent to an activating group) is 1. The number of carbonyl (C=O) groups is 1. The minimum absolute atomic E-state index is 0.156. The Balaban J connectivity index is 2.07. The summed E-state index contributed by atoms with van der Waals surface area (Å²) in [4.78, 5) is 16.8. The molecule has 0 unspecified atom stereocenters. The molecule has 0 saturated carbocycles. The molecule has 1 aromatic heterocycles. The van der Waals surface area contributed by atoms with Gasteiger partial charge in [0, 0.05) is 18.0 Å². The molecule has 0 spiro atoms. The summed E-state index contributed by atoms with van der Waals surface area (Å²) in [5.41, 5.74) is 2.44. The van der Waals surface area contributed by atoms with E-state index in [2.05, 4.69) is 27.8 Å². The summed E-state index contributed by atoms with van der Waals surface area (Å²) in [5, 5.41) is 8.00. The Morgan fingerprint density at radius 2 is 1.89 bits per heavy atom. The molecule has 0 atom stereocenters. The van der Waals surface area contributed by atoms with E-state index in [4.69, 9.17) is 9.47 Å². The van der Waals surface area contributed by atoms with Gasteiger partial charge in [0.2, 0.25) is 5.91 Å². The summed E-state index contributed by atoms with van der Waals surface area (Å²) in [6.07, 6.45) is 2.36. The zero-order chi connectivity index (χ0) is 19.2. The number of pyridine rings is 1. The summed E-state index contributed by atoms with van der Waals surface area (Å²) in [7, 11) is 4.86. The largest absolute Gasteiger partial charge is 0.493 e. The van der Waals surface area contributed by atoms with Gasteiger partial charge < -0.3 is 20.1 Å². The molecular weight excluding hydrogens is 342 g/mol. The van der Waals surface area contributed by atoms with Crippen LogP contribution in [0.15, 0.2) is 48.7 Å². The van der Waals surface area contributed by atoms with Crippen LogP contribution >= 0.6 is 0 Å². The highest BCUT2D eigenvalue weighted by atomic mass is 16.5. The summed E-state index contributed by atoms with van der Waals surface area (Å²) < 4.78 is 10.9. The predicted molar refractivity (Wildman–Crippen MR) is 107 cm³/mol. The SMILES string of the molecule is CNCC(=O)Nc1c(Cc2nccc3ccccc23)ccc(OC)c1OC. The van der Waals surface area contributed by atoms with E-state index in [1.165, 1.54) is 0 Å². The van der Waals surface area contributed by atoms with Crippen molar-refractivity contribution in [1.82, 2.24) is 10.3 Å². The molecule has 0 aliphatic carbocycles. The molecule has 1 heterocycles. The minimum Gasteiger partial charge on any atom is -0.493 e. The molecule has 3 aromatic rings. The first kappa shape index (κ1) is 18.7. The molecule has 6 heteroatoms. The molecule has 140 valence electrons. The number of rotatable bonds is 7. The fourth-order valence-corrected chi connectivity index (χ4v) is 3.10. The Hall–Kier alpha value is -3.12. The highest BCUT2D eigenvalue weighted by Gasteiger charge is 2.18. The van der Waals surface area contributed by atoms with Crippen molar-refractivity contribution in [3.8, 4) is 11.5 Å². The first-order valence-electron chi connectivity index (χ1n) is 8.68. The van der Waals surface area contributed by atoms with Crippen LogP contribution in [0.3, 0.4) is 0 Å². The third-order valence-electron chi connectivity index (χ3n) is 4.35. The zero-order valence-corrected chi connectivity index (χ0v) is 15.7. The summed E-state index contributed by atoms with van der Waals surface area (Å²) >= 11 is 0. The first-order chi connectivity index (χ1) is 13.2. The third kappa shape index (κ3) is 4.01. The molecule has 3 rings (SSSR count). The zero-order valence-electron chi connectivity index (χ0n) is 15.7. The van der Waals surface area contributed by atoms with Gasteiger partial charge in [-0.1, -0.05) is 30.3 Å². The highest BCUT2D eigenvalue weighted by Crippen LogP contribution is 2.39. The number of aromatic nitrogens is 1. The molecule has 0 aliphatic rings. The second kappa shape index (κ2) is 8.51. The number of methoxy groups -OCH3 is 2. The van der Waals surface area contributed by atoms with E-state index in [1.54, 1.807) is 27.5 Å². The molecule has 0 fully saturated rings. The molecule has 0 bridgehead atoms. The number of nitrogens with one attached hydrogen (secondary N) is 2. The van der Waals surface area contributed by atoms with Gasteiger partial charge >= 0.3 is 0 Å². The summed E-state index contributed by atoms with van der Waals surface area (Å²) in [6, 6.07) is 13.9. The van der Waals surface area contributed by atoms with Crippen LogP contribution in [-0.2, 0) is 11.2 Å². The van der Waals surface area contributed by atoms with Crippen molar-refractivity contribution in [2.45, 2.75) is 6.42 Å². The van der Waals surface area contributed by atoms with Crippen molar-refractivity contribution >= 4 is 22.4 Å². The van der Waals surface area contributed by atoms with Gasteiger partial charge in [-0.25, -0.2) is 0 Å². The van der Waals surface area contributed by atoms with E-state index in [-0.39, 0.29) is 12.5 Å². The Morgan fingerprint density at radius 1 is 1.07 bits per heavy atom. The van der Waals surface area contributed by atoms with Crippen LogP contribution in [0.1, 0.15) is 11.3 Å². The van der Waals surface area contributed by atoms with Crippen LogP contribution < -0.4 is 20.1 Å². The molecule has 6 nitrogen and oxygen atoms in total. The van der Waals surface area contributed by atoms with E-state index in [1.807, 2.05) is 30.3 Å². The van der Waals surface area contributed by atoms with Crippen molar-refractivity contribution in [1.29, 1.82) is 0 Å². The Labute approximate surface area is 158 Å². The van der Waals surface area contributed by atoms with Crippen LogP contribution in [0.4, 0.5) is 5.69 Å². The smallest absolute Gasteiger partial charge is 0.238 e. The average molecular weight is 365 g/mol. The molecule has 27 heavy (non-hydrogen) atoms. The summed E-state index contributed by atoms with van der Waals surface area (Å²) in [5.74, 6) is 0.905. The number of anilines is 1. The van der Waals surface area contributed by atoms with E-state index in [0.717, 1.165) is 22.0 Å². The van der Waals surface area contributed by atoms with Gasteiger partial charge in [0.1, 0.15) is 0 Å².